The van der Waals surface area contributed by atoms with E-state index in [1.807, 2.05) is 0 Å². The number of halogens is 1. The number of carbonyl (C=O) groups is 3. The van der Waals surface area contributed by atoms with Crippen LogP contribution in [0.4, 0.5) is 5.13 Å². The van der Waals surface area contributed by atoms with Crippen molar-refractivity contribution in [3.63, 3.8) is 0 Å². The van der Waals surface area contributed by atoms with Gasteiger partial charge in [-0.3, -0.25) is 19.3 Å². The zero-order valence-corrected chi connectivity index (χ0v) is 24.6. The fourth-order valence-electron chi connectivity index (χ4n) is 4.13. The number of fused-ring (bicyclic) bond motifs is 2. The largest absolute Gasteiger partial charge is 0.504 e. The number of β-lactam (4-membered cyclic amide) rings is 1. The molecule has 2 aromatic heterocycles. The number of carbonyl (C=O) groups excluding carboxylic acids is 2. The second-order valence-electron chi connectivity index (χ2n) is 8.47. The Morgan fingerprint density at radius 2 is 2.10 bits per heavy atom. The number of aliphatic carboxylic acids is 1. The van der Waals surface area contributed by atoms with E-state index < -0.39 is 46.1 Å². The average Bonchev–Trinajstić information content (AvgIpc) is 3.37. The number of benzene rings is 1. The molecule has 6 N–H and O–H groups in total. The number of hydrogen-bond donors (Lipinski definition) is 5. The predicted octanol–water partition coefficient (Wildman–Crippen LogP) is 2.25. The van der Waals surface area contributed by atoms with Crippen LogP contribution in [0.3, 0.4) is 0 Å². The van der Waals surface area contributed by atoms with Gasteiger partial charge in [0.2, 0.25) is 0 Å². The first-order valence-electron chi connectivity index (χ1n) is 11.4. The second kappa shape index (κ2) is 11.4. The molecule has 13 nitrogen and oxygen atoms in total. The number of nitrogens with two attached hydrogens (primary N) is 1. The van der Waals surface area contributed by atoms with Gasteiger partial charge in [0.1, 0.15) is 34.9 Å². The van der Waals surface area contributed by atoms with E-state index >= 15 is 0 Å². The van der Waals surface area contributed by atoms with Gasteiger partial charge in [0.25, 0.3) is 11.8 Å². The molecule has 1 saturated heterocycles. The van der Waals surface area contributed by atoms with Gasteiger partial charge in [-0.2, -0.15) is 0 Å². The summed E-state index contributed by atoms with van der Waals surface area (Å²) in [4.78, 5) is 60.7. The number of phenolic OH excluding ortho intramolecular Hbond substituents is 2. The minimum atomic E-state index is -1.31. The van der Waals surface area contributed by atoms with Crippen LogP contribution in [0.15, 0.2) is 42.9 Å². The maximum absolute atomic E-state index is 13.1. The van der Waals surface area contributed by atoms with Crippen LogP contribution >= 0.6 is 57.8 Å². The maximum atomic E-state index is 13.1. The number of carboxylic acids is 1. The van der Waals surface area contributed by atoms with Gasteiger partial charge in [0, 0.05) is 28.3 Å². The normalized spacial score (nSPS) is 18.7. The molecule has 0 spiro atoms. The highest BCUT2D eigenvalue weighted by atomic mass is 35.5. The zero-order chi connectivity index (χ0) is 29.6. The molecular weight excluding hydrogens is 638 g/mol. The van der Waals surface area contributed by atoms with Crippen molar-refractivity contribution in [2.45, 2.75) is 15.6 Å². The van der Waals surface area contributed by atoms with Crippen LogP contribution in [0, 0.1) is 0 Å². The minimum absolute atomic E-state index is 0.136. The average molecular weight is 656 g/mol. The van der Waals surface area contributed by atoms with E-state index in [-0.39, 0.29) is 48.8 Å². The number of thioether (sulfide) groups is 2. The maximum Gasteiger partial charge on any atom is 0.352 e. The Morgan fingerprint density at radius 3 is 2.76 bits per heavy atom. The third-order valence-electron chi connectivity index (χ3n) is 5.98. The lowest BCUT2D eigenvalue weighted by Crippen LogP contribution is -2.71. The van der Waals surface area contributed by atoms with Gasteiger partial charge >= 0.3 is 5.97 Å². The molecule has 4 heterocycles. The van der Waals surface area contributed by atoms with Crippen molar-refractivity contribution in [3.05, 3.63) is 49.7 Å². The molecule has 2 aliphatic rings. The monoisotopic (exact) mass is 655 g/mol. The highest BCUT2D eigenvalue weighted by Crippen LogP contribution is 2.44. The Balaban J connectivity index is 1.35. The number of nitrogens with one attached hydrogen (secondary N) is 1. The molecule has 1 fully saturated rings. The van der Waals surface area contributed by atoms with E-state index in [0.717, 1.165) is 33.6 Å². The first-order chi connectivity index (χ1) is 19.5. The molecule has 2 amide bonds. The second-order valence-corrected chi connectivity index (χ2v) is 13.2. The van der Waals surface area contributed by atoms with Gasteiger partial charge in [0.15, 0.2) is 27.8 Å². The van der Waals surface area contributed by atoms with E-state index in [1.54, 1.807) is 0 Å². The van der Waals surface area contributed by atoms with Gasteiger partial charge in [-0.15, -0.1) is 46.2 Å². The Morgan fingerprint density at radius 1 is 1.34 bits per heavy atom. The SMILES string of the molecule is CO/N=C(\C(=O)N[C@@H]1C(=O)N2C(C(=O)O)=C(CSc3cc(=O)c4cc(O)c(O)c(Cl)c4s3)CS[C@H]12)c1csc(N)n1. The van der Waals surface area contributed by atoms with Crippen molar-refractivity contribution >= 4 is 96.5 Å². The number of amides is 2. The van der Waals surface area contributed by atoms with Crippen LogP contribution in [0.2, 0.25) is 5.02 Å². The van der Waals surface area contributed by atoms with Crippen molar-refractivity contribution in [2.24, 2.45) is 5.16 Å². The molecule has 0 radical (unpaired) electrons. The fraction of sp³-hybridized carbons (Fsp3) is 0.217. The van der Waals surface area contributed by atoms with E-state index in [0.29, 0.717) is 9.78 Å². The van der Waals surface area contributed by atoms with E-state index in [9.17, 15) is 34.5 Å². The fourth-order valence-corrected chi connectivity index (χ4v) is 8.70. The Labute approximate surface area is 251 Å². The van der Waals surface area contributed by atoms with Gasteiger partial charge in [0.05, 0.1) is 8.91 Å². The highest BCUT2D eigenvalue weighted by molar-refractivity contribution is 8.02. The highest BCUT2D eigenvalue weighted by Gasteiger charge is 2.54. The first-order valence-corrected chi connectivity index (χ1v) is 15.5. The Bertz CT molecular complexity index is 1740. The third kappa shape index (κ3) is 5.30. The number of hydrogen-bond acceptors (Lipinski definition) is 14. The lowest BCUT2D eigenvalue weighted by Gasteiger charge is -2.49. The number of nitrogens with zero attached hydrogens (tertiary/aromatic N) is 3. The van der Waals surface area contributed by atoms with Crippen LogP contribution in [-0.4, -0.2) is 78.7 Å². The molecule has 5 rings (SSSR count). The lowest BCUT2D eigenvalue weighted by atomic mass is 10.0. The molecule has 41 heavy (non-hydrogen) atoms. The number of carboxylic acid groups (broad SMARTS) is 1. The van der Waals surface area contributed by atoms with Crippen molar-refractivity contribution in [1.29, 1.82) is 0 Å². The quantitative estimate of drug-likeness (QED) is 0.0779. The molecule has 2 aliphatic heterocycles. The summed E-state index contributed by atoms with van der Waals surface area (Å²) >= 11 is 10.8. The summed E-state index contributed by atoms with van der Waals surface area (Å²) in [5.74, 6) is -3.32. The predicted molar refractivity (Wildman–Crippen MR) is 157 cm³/mol. The number of aromatic hydroxyl groups is 2. The van der Waals surface area contributed by atoms with Gasteiger partial charge in [-0.25, -0.2) is 9.78 Å². The Kier molecular flexibility index (Phi) is 8.06. The van der Waals surface area contributed by atoms with Crippen LogP contribution in [0.25, 0.3) is 10.1 Å². The smallest absolute Gasteiger partial charge is 0.352 e. The van der Waals surface area contributed by atoms with Crippen LogP contribution in [0.5, 0.6) is 11.5 Å². The standard InChI is InChI=1S/C23H18ClN5O8S4/c1-37-28-14(9-6-40-23(25)26-9)19(33)27-15-20(34)29-16(22(35)36)7(5-39-21(15)29)4-38-12-3-10(30)8-2-11(31)17(32)13(24)18(8)41-12/h2-3,6,15,21,31-32H,4-5H2,1H3,(H2,25,26)(H,27,33)(H,35,36)/b28-14-/t15-,21-/m1/s1. The molecule has 2 atom stereocenters. The van der Waals surface area contributed by atoms with E-state index in [1.165, 1.54) is 42.1 Å². The number of aromatic nitrogens is 1. The van der Waals surface area contributed by atoms with Crippen molar-refractivity contribution in [3.8, 4) is 11.5 Å². The number of oxime groups is 1. The zero-order valence-electron chi connectivity index (χ0n) is 20.6. The first kappa shape index (κ1) is 29.0. The summed E-state index contributed by atoms with van der Waals surface area (Å²) in [6.45, 7) is 0. The number of rotatable bonds is 8. The number of thiazole rings is 1. The molecule has 1 aromatic carbocycles. The Hall–Kier alpha value is -3.51. The molecule has 18 heteroatoms. The van der Waals surface area contributed by atoms with Crippen LogP contribution in [0.1, 0.15) is 5.69 Å². The summed E-state index contributed by atoms with van der Waals surface area (Å²) in [7, 11) is 1.25. The minimum Gasteiger partial charge on any atom is -0.504 e. The van der Waals surface area contributed by atoms with Crippen molar-refractivity contribution in [1.82, 2.24) is 15.2 Å². The van der Waals surface area contributed by atoms with Crippen molar-refractivity contribution < 1.29 is 34.5 Å². The van der Waals surface area contributed by atoms with Crippen molar-refractivity contribution in [2.75, 3.05) is 24.3 Å². The lowest BCUT2D eigenvalue weighted by molar-refractivity contribution is -0.150. The molecule has 0 unspecified atom stereocenters. The molecule has 0 aliphatic carbocycles. The molecule has 214 valence electrons. The number of anilines is 1. The molecule has 0 saturated carbocycles. The summed E-state index contributed by atoms with van der Waals surface area (Å²) in [6, 6.07) is 1.46. The summed E-state index contributed by atoms with van der Waals surface area (Å²) in [6.07, 6.45) is 0. The molecule has 3 aromatic rings. The number of phenols is 2. The molecular formula is C23H18ClN5O8S4. The van der Waals surface area contributed by atoms with Gasteiger partial charge < -0.3 is 31.2 Å². The molecule has 0 bridgehead atoms. The number of nitrogen functional groups attached to an aromatic ring is 1. The van der Waals surface area contributed by atoms with Gasteiger partial charge in [-0.1, -0.05) is 16.8 Å². The van der Waals surface area contributed by atoms with Crippen LogP contribution in [-0.2, 0) is 19.2 Å². The summed E-state index contributed by atoms with van der Waals surface area (Å²) in [5, 5.41) is 37.0. The topological polar surface area (TPSA) is 205 Å². The summed E-state index contributed by atoms with van der Waals surface area (Å²) < 4.78 is 0.766. The van der Waals surface area contributed by atoms with E-state index in [2.05, 4.69) is 15.5 Å². The van der Waals surface area contributed by atoms with Crippen LogP contribution < -0.4 is 16.5 Å². The summed E-state index contributed by atoms with van der Waals surface area (Å²) in [5.41, 5.74) is 5.45. The van der Waals surface area contributed by atoms with Gasteiger partial charge in [-0.05, 0) is 11.6 Å². The third-order valence-corrected chi connectivity index (χ3v) is 10.9. The van der Waals surface area contributed by atoms with E-state index in [4.69, 9.17) is 22.2 Å².